The van der Waals surface area contributed by atoms with E-state index in [2.05, 4.69) is 16.0 Å². The number of aryl methyl sites for hydroxylation is 1. The number of hydrogen-bond donors (Lipinski definition) is 2. The van der Waals surface area contributed by atoms with Crippen molar-refractivity contribution in [2.75, 3.05) is 7.11 Å². The topological polar surface area (TPSA) is 120 Å². The molecule has 4 aromatic rings. The molecule has 2 saturated heterocycles. The van der Waals surface area contributed by atoms with Crippen molar-refractivity contribution in [3.63, 3.8) is 0 Å². The molecule has 10 nitrogen and oxygen atoms in total. The Labute approximate surface area is 265 Å². The number of nitrogens with one attached hydrogen (secondary N) is 1. The molecule has 3 N–H and O–H groups in total. The minimum Gasteiger partial charge on any atom is -0.482 e. The van der Waals surface area contributed by atoms with Gasteiger partial charge in [0.05, 0.1) is 30.2 Å². The van der Waals surface area contributed by atoms with E-state index in [0.717, 1.165) is 66.8 Å². The number of ether oxygens (including phenoxy) is 1. The number of hydrogen-bond acceptors (Lipinski definition) is 6. The number of pyridine rings is 2. The molecule has 2 aliphatic carbocycles. The van der Waals surface area contributed by atoms with E-state index < -0.39 is 23.8 Å². The molecule has 2 bridgehead atoms. The van der Waals surface area contributed by atoms with Crippen LogP contribution >= 0.6 is 0 Å². The van der Waals surface area contributed by atoms with Crippen LogP contribution < -0.4 is 15.8 Å². The zero-order valence-electron chi connectivity index (χ0n) is 26.3. The van der Waals surface area contributed by atoms with Crippen LogP contribution in [-0.4, -0.2) is 67.3 Å². The van der Waals surface area contributed by atoms with Crippen LogP contribution in [0, 0.1) is 18.3 Å². The van der Waals surface area contributed by atoms with Gasteiger partial charge in [-0.15, -0.1) is 0 Å². The number of aromatic nitrogens is 4. The molecule has 8 rings (SSSR count). The third kappa shape index (κ3) is 4.51. The lowest BCUT2D eigenvalue weighted by Gasteiger charge is -2.23. The number of imidazole rings is 1. The van der Waals surface area contributed by atoms with Gasteiger partial charge in [0, 0.05) is 41.7 Å². The van der Waals surface area contributed by atoms with Gasteiger partial charge < -0.3 is 25.3 Å². The Kier molecular flexibility index (Phi) is 6.69. The summed E-state index contributed by atoms with van der Waals surface area (Å²) >= 11 is 0. The molecule has 0 aromatic carbocycles. The number of halogens is 2. The summed E-state index contributed by atoms with van der Waals surface area (Å²) in [4.78, 5) is 38.5. The van der Waals surface area contributed by atoms with Crippen molar-refractivity contribution in [2.45, 2.75) is 95.9 Å². The number of nitrogens with two attached hydrogens (primary N) is 1. The van der Waals surface area contributed by atoms with Crippen LogP contribution in [0.4, 0.5) is 8.78 Å². The van der Waals surface area contributed by atoms with Gasteiger partial charge in [0.1, 0.15) is 22.4 Å². The summed E-state index contributed by atoms with van der Waals surface area (Å²) < 4.78 is 37.0. The summed E-state index contributed by atoms with van der Waals surface area (Å²) in [6.07, 6.45) is 2.75. The summed E-state index contributed by atoms with van der Waals surface area (Å²) in [7, 11) is 1.60. The van der Waals surface area contributed by atoms with Crippen LogP contribution in [0.3, 0.4) is 0 Å². The average molecular weight is 632 g/mol. The first-order valence-corrected chi connectivity index (χ1v) is 16.3. The smallest absolute Gasteiger partial charge is 0.254 e. The molecule has 2 aliphatic heterocycles. The monoisotopic (exact) mass is 631 g/mol. The first-order chi connectivity index (χ1) is 22.1. The number of rotatable bonds is 9. The summed E-state index contributed by atoms with van der Waals surface area (Å²) in [5.41, 5.74) is 9.83. The van der Waals surface area contributed by atoms with Crippen LogP contribution in [0.25, 0.3) is 28.1 Å². The van der Waals surface area contributed by atoms with E-state index >= 15 is 0 Å². The maximum atomic E-state index is 13.8. The molecule has 0 unspecified atom stereocenters. The molecule has 0 spiro atoms. The van der Waals surface area contributed by atoms with Gasteiger partial charge >= 0.3 is 0 Å². The maximum absolute atomic E-state index is 13.8. The molecule has 4 fully saturated rings. The minimum atomic E-state index is -2.68. The fourth-order valence-corrected chi connectivity index (χ4v) is 7.71. The highest BCUT2D eigenvalue weighted by atomic mass is 19.3. The normalized spacial score (nSPS) is 23.9. The van der Waals surface area contributed by atoms with Crippen molar-refractivity contribution in [1.82, 2.24) is 29.2 Å². The van der Waals surface area contributed by atoms with Crippen molar-refractivity contribution in [2.24, 2.45) is 17.1 Å². The number of methoxy groups -OCH3 is 1. The molecule has 242 valence electrons. The zero-order valence-corrected chi connectivity index (χ0v) is 26.3. The third-order valence-electron chi connectivity index (χ3n) is 10.8. The Morgan fingerprint density at radius 3 is 2.54 bits per heavy atom. The van der Waals surface area contributed by atoms with Gasteiger partial charge in [-0.1, -0.05) is 0 Å². The van der Waals surface area contributed by atoms with Gasteiger partial charge in [0.25, 0.3) is 12.3 Å². The molecule has 4 aromatic heterocycles. The van der Waals surface area contributed by atoms with E-state index in [1.165, 1.54) is 0 Å². The number of fused-ring (bicyclic) bond motifs is 4. The predicted octanol–water partition coefficient (Wildman–Crippen LogP) is 5.00. The molecule has 4 atom stereocenters. The SMILES string of the molecule is COc1cc(C(=O)N2[C@H]3CC[C@@H]2[C@H](N)C3)cc2nc(-c3cc4ccc([C@@H](C)NC(=O)C5(C(F)F)CC5)nc4n3CC3CC3)c(C)n12. The van der Waals surface area contributed by atoms with Gasteiger partial charge in [0.2, 0.25) is 5.91 Å². The molecular formula is C34H39F2N7O3. The molecule has 4 aliphatic rings. The van der Waals surface area contributed by atoms with E-state index in [0.29, 0.717) is 28.7 Å². The number of carbonyl (C=O) groups excluding carboxylic acids is 2. The molecule has 12 heteroatoms. The van der Waals surface area contributed by atoms with Gasteiger partial charge in [-0.2, -0.15) is 0 Å². The van der Waals surface area contributed by atoms with Crippen molar-refractivity contribution in [3.8, 4) is 17.3 Å². The zero-order chi connectivity index (χ0) is 32.1. The number of alkyl halides is 2. The number of carbonyl (C=O) groups is 2. The lowest BCUT2D eigenvalue weighted by Crippen LogP contribution is -2.40. The van der Waals surface area contributed by atoms with Crippen LogP contribution in [0.5, 0.6) is 5.88 Å². The third-order valence-corrected chi connectivity index (χ3v) is 10.8. The Morgan fingerprint density at radius 1 is 1.13 bits per heavy atom. The Bertz CT molecular complexity index is 1890. The second-order valence-corrected chi connectivity index (χ2v) is 13.8. The highest BCUT2D eigenvalue weighted by Gasteiger charge is 2.57. The van der Waals surface area contributed by atoms with Crippen molar-refractivity contribution >= 4 is 28.5 Å². The summed E-state index contributed by atoms with van der Waals surface area (Å²) in [5.74, 6) is 0.403. The van der Waals surface area contributed by atoms with Crippen LogP contribution in [0.2, 0.25) is 0 Å². The van der Waals surface area contributed by atoms with Crippen LogP contribution in [-0.2, 0) is 11.3 Å². The van der Waals surface area contributed by atoms with Crippen molar-refractivity contribution in [1.29, 1.82) is 0 Å². The van der Waals surface area contributed by atoms with Gasteiger partial charge in [-0.3, -0.25) is 14.0 Å². The van der Waals surface area contributed by atoms with Crippen molar-refractivity contribution < 1.29 is 23.1 Å². The van der Waals surface area contributed by atoms with Crippen LogP contribution in [0.1, 0.15) is 79.7 Å². The summed E-state index contributed by atoms with van der Waals surface area (Å²) in [6.45, 7) is 4.53. The second kappa shape index (κ2) is 10.5. The Balaban J connectivity index is 1.17. The minimum absolute atomic E-state index is 0.0165. The summed E-state index contributed by atoms with van der Waals surface area (Å²) in [5, 5.41) is 3.70. The fourth-order valence-electron chi connectivity index (χ4n) is 7.71. The first-order valence-electron chi connectivity index (χ1n) is 16.3. The average Bonchev–Trinajstić information content (AvgIpc) is 3.91. The highest BCUT2D eigenvalue weighted by Crippen LogP contribution is 2.51. The maximum Gasteiger partial charge on any atom is 0.254 e. The summed E-state index contributed by atoms with van der Waals surface area (Å²) in [6, 6.07) is 9.25. The molecular weight excluding hydrogens is 592 g/mol. The molecule has 0 radical (unpaired) electrons. The highest BCUT2D eigenvalue weighted by molar-refractivity contribution is 5.97. The second-order valence-electron chi connectivity index (χ2n) is 13.8. The molecule has 2 amide bonds. The standard InChI is InChI=1S/C34H39F2N7O3/c1-17(38-33(45)34(10-11-34)32(35)36)24-8-6-20-12-26(41(30(20)39-24)16-19-4-5-19)29-18(2)42-27(40-29)13-21(14-28(42)46-3)31(44)43-22-7-9-25(43)23(37)15-22/h6,8,12-14,17,19,22-23,25,32H,4-5,7,9-11,15-16,37H2,1-3H3,(H,38,45)/t17-,22+,23-,25-/m1/s1. The number of amides is 2. The van der Waals surface area contributed by atoms with Gasteiger partial charge in [-0.25, -0.2) is 18.7 Å². The van der Waals surface area contributed by atoms with E-state index in [1.54, 1.807) is 20.1 Å². The Hall–Kier alpha value is -4.06. The predicted molar refractivity (Wildman–Crippen MR) is 168 cm³/mol. The van der Waals surface area contributed by atoms with E-state index in [-0.39, 0.29) is 36.9 Å². The number of nitrogens with zero attached hydrogens (tertiary/aromatic N) is 5. The molecule has 46 heavy (non-hydrogen) atoms. The van der Waals surface area contributed by atoms with Gasteiger partial charge in [-0.05, 0) is 89.0 Å². The first kappa shape index (κ1) is 29.3. The van der Waals surface area contributed by atoms with E-state index in [1.807, 2.05) is 34.4 Å². The Morgan fingerprint density at radius 2 is 1.91 bits per heavy atom. The van der Waals surface area contributed by atoms with Crippen LogP contribution in [0.15, 0.2) is 30.3 Å². The van der Waals surface area contributed by atoms with Gasteiger partial charge in [0.15, 0.2) is 5.88 Å². The quantitative estimate of drug-likeness (QED) is 0.268. The van der Waals surface area contributed by atoms with E-state index in [4.69, 9.17) is 20.4 Å². The fraction of sp³-hybridized carbons (Fsp3) is 0.529. The lowest BCUT2D eigenvalue weighted by molar-refractivity contribution is -0.132. The van der Waals surface area contributed by atoms with E-state index in [9.17, 15) is 18.4 Å². The molecule has 6 heterocycles. The van der Waals surface area contributed by atoms with Crippen molar-refractivity contribution in [3.05, 3.63) is 47.3 Å². The lowest BCUT2D eigenvalue weighted by atomic mass is 9.97. The molecule has 2 saturated carbocycles. The largest absolute Gasteiger partial charge is 0.482 e.